The molecular weight excluding hydrogens is 236 g/mol. The minimum atomic E-state index is -0.0509. The van der Waals surface area contributed by atoms with Crippen LogP contribution < -0.4 is 0 Å². The van der Waals surface area contributed by atoms with Gasteiger partial charge in [0, 0.05) is 6.61 Å². The Balaban J connectivity index is 0. The van der Waals surface area contributed by atoms with Gasteiger partial charge in [-0.2, -0.15) is 0 Å². The van der Waals surface area contributed by atoms with Gasteiger partial charge in [0.2, 0.25) is 0 Å². The summed E-state index contributed by atoms with van der Waals surface area (Å²) in [6.45, 7) is 6.70. The lowest BCUT2D eigenvalue weighted by Crippen LogP contribution is -2.01. The van der Waals surface area contributed by atoms with Crippen LogP contribution in [0.15, 0.2) is 0 Å². The van der Waals surface area contributed by atoms with E-state index in [2.05, 4.69) is 13.8 Å². The number of aliphatic hydroxyl groups excluding tert-OH is 2. The van der Waals surface area contributed by atoms with Crippen LogP contribution in [0.5, 0.6) is 0 Å². The third-order valence-electron chi connectivity index (χ3n) is 3.35. The second kappa shape index (κ2) is 20.2. The molecular formula is C17H38O2. The lowest BCUT2D eigenvalue weighted by molar-refractivity contribution is 0.159. The molecule has 2 nitrogen and oxygen atoms in total. The topological polar surface area (TPSA) is 40.5 Å². The number of hydrogen-bond acceptors (Lipinski definition) is 2. The van der Waals surface area contributed by atoms with Crippen LogP contribution in [-0.2, 0) is 0 Å². The van der Waals surface area contributed by atoms with Crippen molar-refractivity contribution in [1.82, 2.24) is 0 Å². The van der Waals surface area contributed by atoms with Crippen LogP contribution in [0, 0.1) is 0 Å². The van der Waals surface area contributed by atoms with Gasteiger partial charge in [-0.1, -0.05) is 78.6 Å². The number of aliphatic hydroxyl groups is 2. The summed E-state index contributed by atoms with van der Waals surface area (Å²) in [4.78, 5) is 0. The molecule has 0 aromatic carbocycles. The zero-order chi connectivity index (χ0) is 14.8. The lowest BCUT2D eigenvalue weighted by atomic mass is 10.1. The van der Waals surface area contributed by atoms with Gasteiger partial charge < -0.3 is 10.2 Å². The van der Waals surface area contributed by atoms with Crippen molar-refractivity contribution >= 4 is 0 Å². The summed E-state index contributed by atoms with van der Waals surface area (Å²) >= 11 is 0. The quantitative estimate of drug-likeness (QED) is 0.488. The Hall–Kier alpha value is -0.0800. The maximum Gasteiger partial charge on any atom is 0.0537 e. The Morgan fingerprint density at radius 1 is 0.684 bits per heavy atom. The van der Waals surface area contributed by atoms with E-state index in [1.165, 1.54) is 51.4 Å². The number of rotatable bonds is 12. The fraction of sp³-hybridized carbons (Fsp3) is 1.00. The first-order valence-electron chi connectivity index (χ1n) is 8.51. The van der Waals surface area contributed by atoms with Gasteiger partial charge in [-0.05, 0) is 19.3 Å². The average Bonchev–Trinajstić information content (AvgIpc) is 2.43. The fourth-order valence-corrected chi connectivity index (χ4v) is 1.96. The molecule has 0 bridgehead atoms. The molecule has 0 aliphatic heterocycles. The molecule has 0 aliphatic carbocycles. The first-order chi connectivity index (χ1) is 9.22. The molecule has 0 fully saturated rings. The Morgan fingerprint density at radius 3 is 1.47 bits per heavy atom. The molecule has 0 saturated carbocycles. The van der Waals surface area contributed by atoms with Crippen molar-refractivity contribution in [3.05, 3.63) is 0 Å². The predicted molar refractivity (Wildman–Crippen MR) is 85.5 cm³/mol. The minimum absolute atomic E-state index is 0.0509. The van der Waals surface area contributed by atoms with Gasteiger partial charge >= 0.3 is 0 Å². The van der Waals surface area contributed by atoms with Crippen LogP contribution in [0.4, 0.5) is 0 Å². The molecule has 2 heteroatoms. The third-order valence-corrected chi connectivity index (χ3v) is 3.35. The summed E-state index contributed by atoms with van der Waals surface area (Å²) in [6.07, 6.45) is 14.7. The van der Waals surface area contributed by atoms with E-state index in [0.717, 1.165) is 25.7 Å². The zero-order valence-corrected chi connectivity index (χ0v) is 13.7. The summed E-state index contributed by atoms with van der Waals surface area (Å²) in [5.74, 6) is 0. The van der Waals surface area contributed by atoms with Crippen molar-refractivity contribution in [2.75, 3.05) is 6.61 Å². The SMILES string of the molecule is CCCC(O)CC.CCCCCCCCCCCO. The molecule has 0 amide bonds. The zero-order valence-electron chi connectivity index (χ0n) is 13.7. The highest BCUT2D eigenvalue weighted by Crippen LogP contribution is 2.08. The van der Waals surface area contributed by atoms with Crippen molar-refractivity contribution in [3.8, 4) is 0 Å². The Labute approximate surface area is 121 Å². The summed E-state index contributed by atoms with van der Waals surface area (Å²) in [5.41, 5.74) is 0. The van der Waals surface area contributed by atoms with Gasteiger partial charge in [0.1, 0.15) is 0 Å². The lowest BCUT2D eigenvalue weighted by Gasteiger charge is -2.01. The first kappa shape index (κ1) is 21.2. The van der Waals surface area contributed by atoms with Gasteiger partial charge in [-0.15, -0.1) is 0 Å². The highest BCUT2D eigenvalue weighted by atomic mass is 16.3. The van der Waals surface area contributed by atoms with Gasteiger partial charge in [-0.3, -0.25) is 0 Å². The van der Waals surface area contributed by atoms with Crippen LogP contribution >= 0.6 is 0 Å². The molecule has 0 spiro atoms. The van der Waals surface area contributed by atoms with Crippen LogP contribution in [0.2, 0.25) is 0 Å². The molecule has 0 saturated heterocycles. The molecule has 0 heterocycles. The predicted octanol–water partition coefficient (Wildman–Crippen LogP) is 5.07. The molecule has 2 N–H and O–H groups in total. The van der Waals surface area contributed by atoms with Crippen molar-refractivity contribution < 1.29 is 10.2 Å². The fourth-order valence-electron chi connectivity index (χ4n) is 1.96. The van der Waals surface area contributed by atoms with Crippen LogP contribution in [0.1, 0.15) is 97.8 Å². The maximum atomic E-state index is 8.86. The standard InChI is InChI=1S/C11H24O.C6H14O/c1-2-3-4-5-6-7-8-9-10-11-12;1-3-5-6(7)4-2/h12H,2-11H2,1H3;6-7H,3-5H2,1-2H3. The smallest absolute Gasteiger partial charge is 0.0537 e. The van der Waals surface area contributed by atoms with Gasteiger partial charge in [0.25, 0.3) is 0 Å². The third kappa shape index (κ3) is 23.4. The maximum absolute atomic E-state index is 8.86. The van der Waals surface area contributed by atoms with Crippen LogP contribution in [-0.4, -0.2) is 22.9 Å². The van der Waals surface area contributed by atoms with Gasteiger partial charge in [-0.25, -0.2) is 0 Å². The van der Waals surface area contributed by atoms with E-state index < -0.39 is 0 Å². The van der Waals surface area contributed by atoms with E-state index in [-0.39, 0.29) is 6.10 Å². The van der Waals surface area contributed by atoms with Crippen molar-refractivity contribution in [3.63, 3.8) is 0 Å². The Bertz CT molecular complexity index is 127. The molecule has 0 radical (unpaired) electrons. The second-order valence-corrected chi connectivity index (χ2v) is 5.40. The molecule has 1 atom stereocenters. The first-order valence-corrected chi connectivity index (χ1v) is 8.51. The van der Waals surface area contributed by atoms with Gasteiger partial charge in [0.05, 0.1) is 6.10 Å². The van der Waals surface area contributed by atoms with E-state index in [1.54, 1.807) is 0 Å². The van der Waals surface area contributed by atoms with E-state index >= 15 is 0 Å². The highest BCUT2D eigenvalue weighted by molar-refractivity contribution is 4.48. The summed E-state index contributed by atoms with van der Waals surface area (Å²) < 4.78 is 0. The normalized spacial score (nSPS) is 11.8. The minimum Gasteiger partial charge on any atom is -0.396 e. The molecule has 0 aromatic heterocycles. The second-order valence-electron chi connectivity index (χ2n) is 5.40. The van der Waals surface area contributed by atoms with Gasteiger partial charge in [0.15, 0.2) is 0 Å². The highest BCUT2D eigenvalue weighted by Gasteiger charge is 1.94. The Kier molecular flexibility index (Phi) is 22.6. The monoisotopic (exact) mass is 274 g/mol. The molecule has 0 aromatic rings. The van der Waals surface area contributed by atoms with Crippen LogP contribution in [0.25, 0.3) is 0 Å². The summed E-state index contributed by atoms with van der Waals surface area (Å²) in [6, 6.07) is 0. The number of unbranched alkanes of at least 4 members (excludes halogenated alkanes) is 8. The Morgan fingerprint density at radius 2 is 1.16 bits per heavy atom. The molecule has 1 unspecified atom stereocenters. The number of hydrogen-bond donors (Lipinski definition) is 2. The molecule has 19 heavy (non-hydrogen) atoms. The average molecular weight is 274 g/mol. The molecule has 0 rings (SSSR count). The summed E-state index contributed by atoms with van der Waals surface area (Å²) in [7, 11) is 0. The van der Waals surface area contributed by atoms with Crippen LogP contribution in [0.3, 0.4) is 0 Å². The largest absolute Gasteiger partial charge is 0.396 e. The van der Waals surface area contributed by atoms with E-state index in [0.29, 0.717) is 6.61 Å². The van der Waals surface area contributed by atoms with Crippen molar-refractivity contribution in [1.29, 1.82) is 0 Å². The molecule has 0 aliphatic rings. The van der Waals surface area contributed by atoms with Crippen molar-refractivity contribution in [2.45, 2.75) is 104 Å². The van der Waals surface area contributed by atoms with E-state index in [4.69, 9.17) is 10.2 Å². The summed E-state index contributed by atoms with van der Waals surface area (Å²) in [5, 5.41) is 17.4. The van der Waals surface area contributed by atoms with E-state index in [9.17, 15) is 0 Å². The van der Waals surface area contributed by atoms with E-state index in [1.807, 2.05) is 6.92 Å². The van der Waals surface area contributed by atoms with Crippen molar-refractivity contribution in [2.24, 2.45) is 0 Å². The molecule has 118 valence electrons.